The number of nitrogens with zero attached hydrogens (tertiary/aromatic N) is 3. The lowest BCUT2D eigenvalue weighted by Gasteiger charge is -2.09. The molecule has 2 aromatic rings. The molecule has 2 heterocycles. The van der Waals surface area contributed by atoms with Gasteiger partial charge in [0, 0.05) is 6.20 Å². The molecule has 2 rings (SSSR count). The fourth-order valence-electron chi connectivity index (χ4n) is 1.54. The average molecular weight is 318 g/mol. The SMILES string of the molecule is Cc1nnc(NC(=O)Cn2cccc(C(F)(F)F)c2=O)s1. The Labute approximate surface area is 120 Å². The second-order valence-electron chi connectivity index (χ2n) is 4.03. The number of hydrogen-bond donors (Lipinski definition) is 1. The van der Waals surface area contributed by atoms with Crippen LogP contribution in [0.4, 0.5) is 18.3 Å². The Morgan fingerprint density at radius 3 is 2.71 bits per heavy atom. The predicted molar refractivity (Wildman–Crippen MR) is 69.0 cm³/mol. The zero-order valence-electron chi connectivity index (χ0n) is 10.6. The number of anilines is 1. The number of nitrogens with one attached hydrogen (secondary N) is 1. The molecule has 0 aliphatic rings. The highest BCUT2D eigenvalue weighted by Gasteiger charge is 2.34. The monoisotopic (exact) mass is 318 g/mol. The summed E-state index contributed by atoms with van der Waals surface area (Å²) in [5, 5.41) is 10.5. The van der Waals surface area contributed by atoms with Crippen LogP contribution >= 0.6 is 11.3 Å². The minimum atomic E-state index is -4.76. The summed E-state index contributed by atoms with van der Waals surface area (Å²) in [7, 11) is 0. The van der Waals surface area contributed by atoms with E-state index in [0.717, 1.165) is 23.6 Å². The zero-order chi connectivity index (χ0) is 15.6. The fraction of sp³-hybridized carbons (Fsp3) is 0.273. The van der Waals surface area contributed by atoms with E-state index in [-0.39, 0.29) is 5.13 Å². The smallest absolute Gasteiger partial charge is 0.306 e. The van der Waals surface area contributed by atoms with Gasteiger partial charge < -0.3 is 4.57 Å². The van der Waals surface area contributed by atoms with Gasteiger partial charge in [0.15, 0.2) is 0 Å². The molecule has 6 nitrogen and oxygen atoms in total. The van der Waals surface area contributed by atoms with E-state index in [4.69, 9.17) is 0 Å². The number of amides is 1. The van der Waals surface area contributed by atoms with Crippen molar-refractivity contribution in [1.29, 1.82) is 0 Å². The molecule has 2 aromatic heterocycles. The molecule has 10 heteroatoms. The van der Waals surface area contributed by atoms with Crippen molar-refractivity contribution in [2.75, 3.05) is 5.32 Å². The molecule has 0 aliphatic carbocycles. The summed E-state index contributed by atoms with van der Waals surface area (Å²) in [5.74, 6) is -0.660. The van der Waals surface area contributed by atoms with Crippen molar-refractivity contribution in [2.24, 2.45) is 0 Å². The number of aromatic nitrogens is 3. The molecule has 1 N–H and O–H groups in total. The topological polar surface area (TPSA) is 76.9 Å². The lowest BCUT2D eigenvalue weighted by Crippen LogP contribution is -2.31. The summed E-state index contributed by atoms with van der Waals surface area (Å²) in [6.07, 6.45) is -3.64. The maximum Gasteiger partial charge on any atom is 0.421 e. The van der Waals surface area contributed by atoms with Crippen LogP contribution < -0.4 is 10.9 Å². The van der Waals surface area contributed by atoms with Gasteiger partial charge in [0.25, 0.3) is 5.56 Å². The van der Waals surface area contributed by atoms with Crippen molar-refractivity contribution in [2.45, 2.75) is 19.6 Å². The lowest BCUT2D eigenvalue weighted by atomic mass is 10.2. The largest absolute Gasteiger partial charge is 0.421 e. The summed E-state index contributed by atoms with van der Waals surface area (Å²) < 4.78 is 38.4. The summed E-state index contributed by atoms with van der Waals surface area (Å²) in [6.45, 7) is 1.14. The molecule has 0 aliphatic heterocycles. The molecule has 0 saturated heterocycles. The lowest BCUT2D eigenvalue weighted by molar-refractivity contribution is -0.139. The first-order valence-electron chi connectivity index (χ1n) is 5.64. The Hall–Kier alpha value is -2.23. The number of carbonyl (C=O) groups excluding carboxylic acids is 1. The molecule has 0 aromatic carbocycles. The quantitative estimate of drug-likeness (QED) is 0.934. The second-order valence-corrected chi connectivity index (χ2v) is 5.21. The van der Waals surface area contributed by atoms with Crippen LogP contribution in [0.5, 0.6) is 0 Å². The van der Waals surface area contributed by atoms with Crippen LogP contribution in [0, 0.1) is 6.92 Å². The molecule has 1 amide bonds. The normalized spacial score (nSPS) is 11.4. The van der Waals surface area contributed by atoms with E-state index >= 15 is 0 Å². The molecule has 0 atom stereocenters. The summed E-state index contributed by atoms with van der Waals surface area (Å²) in [6, 6.07) is 1.73. The van der Waals surface area contributed by atoms with Crippen LogP contribution in [-0.2, 0) is 17.5 Å². The first-order chi connectivity index (χ1) is 9.77. The van der Waals surface area contributed by atoms with E-state index in [2.05, 4.69) is 15.5 Å². The van der Waals surface area contributed by atoms with Crippen LogP contribution in [-0.4, -0.2) is 20.7 Å². The van der Waals surface area contributed by atoms with E-state index in [9.17, 15) is 22.8 Å². The second kappa shape index (κ2) is 5.64. The van der Waals surface area contributed by atoms with Crippen molar-refractivity contribution in [3.63, 3.8) is 0 Å². The molecular formula is C11H9F3N4O2S. The Kier molecular flexibility index (Phi) is 4.07. The molecular weight excluding hydrogens is 309 g/mol. The highest BCUT2D eigenvalue weighted by Crippen LogP contribution is 2.25. The van der Waals surface area contributed by atoms with Crippen molar-refractivity contribution < 1.29 is 18.0 Å². The van der Waals surface area contributed by atoms with E-state index in [1.807, 2.05) is 0 Å². The Balaban J connectivity index is 2.16. The predicted octanol–water partition coefficient (Wildman–Crippen LogP) is 1.67. The number of halogens is 3. The van der Waals surface area contributed by atoms with Crippen LogP contribution in [0.25, 0.3) is 0 Å². The highest BCUT2D eigenvalue weighted by molar-refractivity contribution is 7.15. The maximum atomic E-state index is 12.6. The zero-order valence-corrected chi connectivity index (χ0v) is 11.5. The minimum Gasteiger partial charge on any atom is -0.306 e. The molecule has 0 spiro atoms. The van der Waals surface area contributed by atoms with Crippen LogP contribution in [0.3, 0.4) is 0 Å². The standard InChI is InChI=1S/C11H9F3N4O2S/c1-6-16-17-10(21-6)15-8(19)5-18-4-2-3-7(9(18)20)11(12,13)14/h2-4H,5H2,1H3,(H,15,17,19). The molecule has 112 valence electrons. The van der Waals surface area contributed by atoms with Gasteiger partial charge in [-0.15, -0.1) is 10.2 Å². The number of carbonyl (C=O) groups is 1. The number of aryl methyl sites for hydroxylation is 1. The van der Waals surface area contributed by atoms with E-state index in [0.29, 0.717) is 15.6 Å². The fourth-order valence-corrected chi connectivity index (χ4v) is 2.15. The first kappa shape index (κ1) is 15.2. The van der Waals surface area contributed by atoms with Crippen LogP contribution in [0.15, 0.2) is 23.1 Å². The van der Waals surface area contributed by atoms with Gasteiger partial charge in [0.1, 0.15) is 17.1 Å². The van der Waals surface area contributed by atoms with Crippen molar-refractivity contribution in [3.05, 3.63) is 39.3 Å². The maximum absolute atomic E-state index is 12.6. The van der Waals surface area contributed by atoms with Gasteiger partial charge >= 0.3 is 6.18 Å². The highest BCUT2D eigenvalue weighted by atomic mass is 32.1. The van der Waals surface area contributed by atoms with Gasteiger partial charge in [-0.05, 0) is 19.1 Å². The molecule has 0 bridgehead atoms. The third kappa shape index (κ3) is 3.66. The van der Waals surface area contributed by atoms with Gasteiger partial charge in [0.05, 0.1) is 0 Å². The molecule has 21 heavy (non-hydrogen) atoms. The molecule has 0 fully saturated rings. The van der Waals surface area contributed by atoms with Crippen molar-refractivity contribution in [3.8, 4) is 0 Å². The Morgan fingerprint density at radius 2 is 2.14 bits per heavy atom. The van der Waals surface area contributed by atoms with E-state index in [1.165, 1.54) is 0 Å². The Bertz CT molecular complexity index is 723. The van der Waals surface area contributed by atoms with Gasteiger partial charge in [-0.3, -0.25) is 14.9 Å². The van der Waals surface area contributed by atoms with Gasteiger partial charge in [-0.25, -0.2) is 0 Å². The third-order valence-electron chi connectivity index (χ3n) is 2.41. The molecule has 0 radical (unpaired) electrons. The van der Waals surface area contributed by atoms with E-state index < -0.39 is 29.8 Å². The van der Waals surface area contributed by atoms with E-state index in [1.54, 1.807) is 6.92 Å². The van der Waals surface area contributed by atoms with Crippen LogP contribution in [0.2, 0.25) is 0 Å². The number of pyridine rings is 1. The molecule has 0 saturated carbocycles. The number of alkyl halides is 3. The molecule has 0 unspecified atom stereocenters. The van der Waals surface area contributed by atoms with Crippen LogP contribution in [0.1, 0.15) is 10.6 Å². The number of hydrogen-bond acceptors (Lipinski definition) is 5. The van der Waals surface area contributed by atoms with Gasteiger partial charge in [-0.1, -0.05) is 11.3 Å². The summed E-state index contributed by atoms with van der Waals surface area (Å²) in [4.78, 5) is 23.3. The minimum absolute atomic E-state index is 0.220. The summed E-state index contributed by atoms with van der Waals surface area (Å²) >= 11 is 1.12. The van der Waals surface area contributed by atoms with Crippen molar-refractivity contribution >= 4 is 22.4 Å². The summed E-state index contributed by atoms with van der Waals surface area (Å²) in [5.41, 5.74) is -2.59. The van der Waals surface area contributed by atoms with Gasteiger partial charge in [0.2, 0.25) is 11.0 Å². The number of rotatable bonds is 3. The average Bonchev–Trinajstić information content (AvgIpc) is 2.75. The van der Waals surface area contributed by atoms with Gasteiger partial charge in [-0.2, -0.15) is 13.2 Å². The van der Waals surface area contributed by atoms with Crippen molar-refractivity contribution in [1.82, 2.24) is 14.8 Å². The first-order valence-corrected chi connectivity index (χ1v) is 6.45. The Morgan fingerprint density at radius 1 is 1.43 bits per heavy atom. The third-order valence-corrected chi connectivity index (χ3v) is 3.17.